The monoisotopic (exact) mass is 489 g/mol. The van der Waals surface area contributed by atoms with Crippen molar-refractivity contribution < 1.29 is 26.2 Å². The Morgan fingerprint density at radius 2 is 0.867 bits per heavy atom. The summed E-state index contributed by atoms with van der Waals surface area (Å²) in [5.74, 6) is 0. The van der Waals surface area contributed by atoms with E-state index < -0.39 is 0 Å². The van der Waals surface area contributed by atoms with E-state index in [2.05, 4.69) is 21.0 Å². The molecule has 1 fully saturated rings. The van der Waals surface area contributed by atoms with Crippen LogP contribution in [0, 0.1) is 0 Å². The predicted octanol–water partition coefficient (Wildman–Crippen LogP) is 5.29. The molecule has 0 aromatic carbocycles. The highest BCUT2D eigenvalue weighted by atomic mass is 79.9. The molecule has 3 heteroatoms. The Balaban J connectivity index is 0.00000841. The summed E-state index contributed by atoms with van der Waals surface area (Å²) in [6, 6.07) is 0. The summed E-state index contributed by atoms with van der Waals surface area (Å²) in [5.41, 5.74) is 0. The molecule has 0 bridgehead atoms. The second-order valence-electron chi connectivity index (χ2n) is 10.5. The van der Waals surface area contributed by atoms with Gasteiger partial charge in [-0.3, -0.25) is 0 Å². The number of epoxide rings is 1. The molecule has 0 saturated carbocycles. The third kappa shape index (κ3) is 21.6. The third-order valence-electron chi connectivity index (χ3n) is 6.72. The summed E-state index contributed by atoms with van der Waals surface area (Å²) < 4.78 is 6.52. The number of halogens is 1. The van der Waals surface area contributed by atoms with Crippen LogP contribution in [-0.4, -0.2) is 44.4 Å². The van der Waals surface area contributed by atoms with Crippen molar-refractivity contribution in [2.24, 2.45) is 0 Å². The van der Waals surface area contributed by atoms with E-state index in [9.17, 15) is 0 Å². The Labute approximate surface area is 201 Å². The van der Waals surface area contributed by atoms with Crippen molar-refractivity contribution >= 4 is 0 Å². The molecule has 0 spiro atoms. The fourth-order valence-electron chi connectivity index (χ4n) is 4.61. The highest BCUT2D eigenvalue weighted by Crippen LogP contribution is 2.17. The van der Waals surface area contributed by atoms with E-state index in [1.54, 1.807) is 0 Å². The predicted molar refractivity (Wildman–Crippen MR) is 130 cm³/mol. The van der Waals surface area contributed by atoms with Gasteiger partial charge in [-0.15, -0.1) is 0 Å². The van der Waals surface area contributed by atoms with Crippen molar-refractivity contribution in [3.05, 3.63) is 0 Å². The first-order chi connectivity index (χ1) is 14.1. The van der Waals surface area contributed by atoms with Gasteiger partial charge in [-0.2, -0.15) is 0 Å². The Bertz CT molecular complexity index is 344. The molecule has 1 unspecified atom stereocenters. The van der Waals surface area contributed by atoms with Gasteiger partial charge in [-0.1, -0.05) is 122 Å². The van der Waals surface area contributed by atoms with Crippen molar-refractivity contribution in [3.63, 3.8) is 0 Å². The summed E-state index contributed by atoms with van der Waals surface area (Å²) in [6.07, 6.45) is 29.8. The lowest BCUT2D eigenvalue weighted by Gasteiger charge is -2.29. The molecule has 1 aliphatic rings. The molecular weight excluding hydrogens is 434 g/mol. The number of unbranched alkanes of at least 4 members (excludes halogenated alkanes) is 19. The molecule has 1 aliphatic heterocycles. The van der Waals surface area contributed by atoms with Crippen LogP contribution < -0.4 is 17.0 Å². The van der Waals surface area contributed by atoms with E-state index in [1.165, 1.54) is 142 Å². The number of nitrogens with zero attached hydrogens (tertiary/aromatic N) is 1. The highest BCUT2D eigenvalue weighted by Gasteiger charge is 2.30. The molecule has 30 heavy (non-hydrogen) atoms. The van der Waals surface area contributed by atoms with Crippen LogP contribution in [0.1, 0.15) is 135 Å². The summed E-state index contributed by atoms with van der Waals surface area (Å²) in [6.45, 7) is 5.83. The molecular formula is C27H56BrNO. The van der Waals surface area contributed by atoms with Crippen molar-refractivity contribution in [1.82, 2.24) is 0 Å². The van der Waals surface area contributed by atoms with Crippen molar-refractivity contribution in [2.45, 2.75) is 141 Å². The first kappa shape index (κ1) is 30.4. The van der Waals surface area contributed by atoms with Crippen LogP contribution in [0.5, 0.6) is 0 Å². The minimum atomic E-state index is 0. The van der Waals surface area contributed by atoms with Crippen molar-refractivity contribution in [2.75, 3.05) is 33.8 Å². The summed E-state index contributed by atoms with van der Waals surface area (Å²) in [5, 5.41) is 0. The van der Waals surface area contributed by atoms with Crippen LogP contribution >= 0.6 is 0 Å². The largest absolute Gasteiger partial charge is 1.00 e. The average Bonchev–Trinajstić information content (AvgIpc) is 3.49. The molecule has 0 N–H and O–H groups in total. The van der Waals surface area contributed by atoms with Gasteiger partial charge < -0.3 is 26.2 Å². The van der Waals surface area contributed by atoms with E-state index in [4.69, 9.17) is 4.74 Å². The average molecular weight is 491 g/mol. The standard InChI is InChI=1S/C27H56NO.BrH/c1-4-5-6-7-8-9-10-11-12-13-14-15-16-17-18-19-20-21-22-23-24-28(2,3)25-27-26-29-27;/h27H,4-26H2,1-3H3;1H/q+1;/p-1. The molecule has 1 saturated heterocycles. The Morgan fingerprint density at radius 1 is 0.567 bits per heavy atom. The fourth-order valence-corrected chi connectivity index (χ4v) is 4.61. The topological polar surface area (TPSA) is 12.5 Å². The van der Waals surface area contributed by atoms with E-state index in [0.29, 0.717) is 6.10 Å². The van der Waals surface area contributed by atoms with Gasteiger partial charge in [0.2, 0.25) is 0 Å². The lowest BCUT2D eigenvalue weighted by Crippen LogP contribution is -3.00. The number of likely N-dealkylation sites (N-methyl/N-ethyl adjacent to an activating group) is 1. The highest BCUT2D eigenvalue weighted by molar-refractivity contribution is 4.67. The zero-order valence-corrected chi connectivity index (χ0v) is 22.7. The maximum Gasteiger partial charge on any atom is 0.130 e. The maximum absolute atomic E-state index is 5.38. The molecule has 2 nitrogen and oxygen atoms in total. The van der Waals surface area contributed by atoms with Crippen LogP contribution in [0.3, 0.4) is 0 Å². The molecule has 0 aromatic heterocycles. The van der Waals surface area contributed by atoms with E-state index in [1.807, 2.05) is 0 Å². The van der Waals surface area contributed by atoms with Gasteiger partial charge in [0.1, 0.15) is 12.6 Å². The van der Waals surface area contributed by atoms with Gasteiger partial charge in [0, 0.05) is 0 Å². The molecule has 0 aromatic rings. The summed E-state index contributed by atoms with van der Waals surface area (Å²) in [7, 11) is 4.72. The fraction of sp³-hybridized carbons (Fsp3) is 1.00. The second-order valence-corrected chi connectivity index (χ2v) is 10.5. The van der Waals surface area contributed by atoms with Gasteiger partial charge in [0.25, 0.3) is 0 Å². The van der Waals surface area contributed by atoms with Crippen molar-refractivity contribution in [3.8, 4) is 0 Å². The lowest BCUT2D eigenvalue weighted by molar-refractivity contribution is -0.891. The summed E-state index contributed by atoms with van der Waals surface area (Å²) in [4.78, 5) is 0. The third-order valence-corrected chi connectivity index (χ3v) is 6.72. The number of hydrogen-bond donors (Lipinski definition) is 0. The van der Waals surface area contributed by atoms with Gasteiger partial charge in [0.15, 0.2) is 0 Å². The Morgan fingerprint density at radius 3 is 1.17 bits per heavy atom. The zero-order chi connectivity index (χ0) is 21.0. The first-order valence-corrected chi connectivity index (χ1v) is 13.6. The number of ether oxygens (including phenoxy) is 1. The van der Waals surface area contributed by atoms with Gasteiger partial charge in [-0.25, -0.2) is 0 Å². The maximum atomic E-state index is 5.38. The van der Waals surface area contributed by atoms with Crippen LogP contribution in [0.25, 0.3) is 0 Å². The van der Waals surface area contributed by atoms with Crippen molar-refractivity contribution in [1.29, 1.82) is 0 Å². The molecule has 0 amide bonds. The molecule has 1 atom stereocenters. The number of rotatable bonds is 23. The van der Waals surface area contributed by atoms with Crippen LogP contribution in [0.15, 0.2) is 0 Å². The minimum Gasteiger partial charge on any atom is -1.00 e. The molecule has 1 rings (SSSR count). The SMILES string of the molecule is CCCCCCCCCCCCCCCCCCCCCC[N+](C)(C)CC1CO1.[Br-]. The Kier molecular flexibility index (Phi) is 21.5. The van der Waals surface area contributed by atoms with E-state index in [0.717, 1.165) is 11.1 Å². The van der Waals surface area contributed by atoms with Gasteiger partial charge >= 0.3 is 0 Å². The second kappa shape index (κ2) is 21.3. The first-order valence-electron chi connectivity index (χ1n) is 13.6. The minimum absolute atomic E-state index is 0. The van der Waals surface area contributed by atoms with Gasteiger partial charge in [-0.05, 0) is 12.8 Å². The lowest BCUT2D eigenvalue weighted by atomic mass is 10.0. The van der Waals surface area contributed by atoms with E-state index in [-0.39, 0.29) is 17.0 Å². The quantitative estimate of drug-likeness (QED) is 0.108. The van der Waals surface area contributed by atoms with Gasteiger partial charge in [0.05, 0.1) is 27.2 Å². The summed E-state index contributed by atoms with van der Waals surface area (Å²) >= 11 is 0. The van der Waals surface area contributed by atoms with E-state index >= 15 is 0 Å². The van der Waals surface area contributed by atoms with Crippen LogP contribution in [-0.2, 0) is 4.74 Å². The smallest absolute Gasteiger partial charge is 0.130 e. The Hall–Kier alpha value is 0.400. The zero-order valence-electron chi connectivity index (χ0n) is 21.1. The molecule has 0 aliphatic carbocycles. The normalized spacial score (nSPS) is 15.9. The van der Waals surface area contributed by atoms with Crippen LogP contribution in [0.4, 0.5) is 0 Å². The number of hydrogen-bond acceptors (Lipinski definition) is 1. The molecule has 0 radical (unpaired) electrons. The molecule has 182 valence electrons. The number of quaternary nitrogens is 1. The molecule has 1 heterocycles. The van der Waals surface area contributed by atoms with Crippen LogP contribution in [0.2, 0.25) is 0 Å².